The summed E-state index contributed by atoms with van der Waals surface area (Å²) in [5.74, 6) is -0.927. The van der Waals surface area contributed by atoms with E-state index in [2.05, 4.69) is 30.8 Å². The van der Waals surface area contributed by atoms with Gasteiger partial charge < -0.3 is 19.9 Å². The second-order valence-corrected chi connectivity index (χ2v) is 15.4. The maximum atomic E-state index is 15.5. The molecule has 3 aliphatic rings. The van der Waals surface area contributed by atoms with Crippen LogP contribution in [0.15, 0.2) is 28.9 Å². The highest BCUT2D eigenvalue weighted by Gasteiger charge is 2.46. The Hall–Kier alpha value is -3.77. The molecule has 3 aliphatic heterocycles. The number of sulfone groups is 1. The first-order valence-electron chi connectivity index (χ1n) is 15.0. The number of hydrogen-bond acceptors (Lipinski definition) is 11. The third-order valence-corrected chi connectivity index (χ3v) is 12.2. The van der Waals surface area contributed by atoms with Gasteiger partial charge in [-0.3, -0.25) is 14.4 Å². The standard InChI is InChI=1S/C29H31F4N7O5S2/c1-39-14-6-7-21(39)23(30)20(8-14)35-19-5-3-4-16-17(9-29(31,32)33)25(46-24(16)19)26-36-22(45-38-26)10-34-27(41)18-11-40(37-28(18)44-2)15-12-47(42,43)13-15/h3-5,11,14-15,20-21,23,35H,6-10,12-13H2,1-2H3,(H,34,41)/t14-,20-,21+,23-/m1/s1. The molecule has 7 rings (SSSR count). The highest BCUT2D eigenvalue weighted by Crippen LogP contribution is 2.45. The number of aromatic nitrogens is 4. The van der Waals surface area contributed by atoms with E-state index in [0.717, 1.165) is 24.2 Å². The number of hydrogen-bond donors (Lipinski definition) is 2. The number of anilines is 1. The van der Waals surface area contributed by atoms with Crippen LogP contribution in [-0.2, 0) is 22.8 Å². The molecule has 0 spiro atoms. The van der Waals surface area contributed by atoms with E-state index < -0.39 is 46.6 Å². The number of amides is 1. The Balaban J connectivity index is 1.12. The number of piperidine rings is 1. The lowest BCUT2D eigenvalue weighted by Gasteiger charge is -2.39. The van der Waals surface area contributed by atoms with Crippen molar-refractivity contribution in [1.82, 2.24) is 30.1 Å². The minimum Gasteiger partial charge on any atom is -0.479 e. The molecule has 0 saturated carbocycles. The summed E-state index contributed by atoms with van der Waals surface area (Å²) in [7, 11) is 0.130. The van der Waals surface area contributed by atoms with Crippen LogP contribution in [0.3, 0.4) is 0 Å². The van der Waals surface area contributed by atoms with Crippen LogP contribution in [-0.4, -0.2) is 95.3 Å². The first-order chi connectivity index (χ1) is 22.3. The fourth-order valence-corrected chi connectivity index (χ4v) is 9.41. The molecule has 2 N–H and O–H groups in total. The molecular weight excluding hydrogens is 666 g/mol. The molecule has 4 atom stereocenters. The van der Waals surface area contributed by atoms with Gasteiger partial charge in [0.1, 0.15) is 11.7 Å². The molecule has 47 heavy (non-hydrogen) atoms. The number of methoxy groups -OCH3 is 1. The zero-order valence-corrected chi connectivity index (χ0v) is 26.9. The minimum atomic E-state index is -4.53. The zero-order chi connectivity index (χ0) is 33.2. The highest BCUT2D eigenvalue weighted by molar-refractivity contribution is 7.92. The van der Waals surface area contributed by atoms with Gasteiger partial charge in [-0.15, -0.1) is 16.4 Å². The number of nitrogens with one attached hydrogen (secondary N) is 2. The lowest BCUT2D eigenvalue weighted by molar-refractivity contribution is -0.126. The third-order valence-electron chi connectivity index (χ3n) is 9.18. The summed E-state index contributed by atoms with van der Waals surface area (Å²) in [5, 5.41) is 14.4. The SMILES string of the molecule is COc1nn(C2CS(=O)(=O)C2)cc1C(=O)NCc1nc(-c2sc3c(N[C@@H]4C[C@H]5CC[C@@H]([C@@H]4F)N5C)cccc3c2CC(F)(F)F)no1. The Bertz CT molecular complexity index is 1930. The average molecular weight is 698 g/mol. The van der Waals surface area contributed by atoms with Crippen LogP contribution in [0.4, 0.5) is 23.2 Å². The monoisotopic (exact) mass is 697 g/mol. The first kappa shape index (κ1) is 31.8. The molecule has 1 amide bonds. The van der Waals surface area contributed by atoms with Gasteiger partial charge in [0, 0.05) is 18.3 Å². The number of carbonyl (C=O) groups excluding carboxylic acids is 1. The molecule has 12 nitrogen and oxygen atoms in total. The van der Waals surface area contributed by atoms with Crippen LogP contribution in [0.25, 0.3) is 20.8 Å². The Morgan fingerprint density at radius 2 is 2.00 bits per heavy atom. The van der Waals surface area contributed by atoms with Crippen LogP contribution >= 0.6 is 11.3 Å². The van der Waals surface area contributed by atoms with Gasteiger partial charge in [-0.05, 0) is 43.3 Å². The Morgan fingerprint density at radius 1 is 1.21 bits per heavy atom. The van der Waals surface area contributed by atoms with Crippen molar-refractivity contribution in [1.29, 1.82) is 0 Å². The maximum Gasteiger partial charge on any atom is 0.393 e. The van der Waals surface area contributed by atoms with E-state index >= 15 is 4.39 Å². The average Bonchev–Trinajstić information content (AvgIpc) is 3.77. The van der Waals surface area contributed by atoms with Gasteiger partial charge in [0.05, 0.1) is 58.9 Å². The van der Waals surface area contributed by atoms with Crippen molar-refractivity contribution in [3.05, 3.63) is 41.4 Å². The maximum absolute atomic E-state index is 15.5. The van der Waals surface area contributed by atoms with E-state index in [1.807, 2.05) is 7.05 Å². The van der Waals surface area contributed by atoms with Crippen molar-refractivity contribution in [3.8, 4) is 16.6 Å². The van der Waals surface area contributed by atoms with Gasteiger partial charge in [0.25, 0.3) is 5.91 Å². The van der Waals surface area contributed by atoms with Gasteiger partial charge in [0.2, 0.25) is 17.6 Å². The highest BCUT2D eigenvalue weighted by atomic mass is 32.2. The smallest absolute Gasteiger partial charge is 0.393 e. The molecule has 3 saturated heterocycles. The van der Waals surface area contributed by atoms with Gasteiger partial charge in [0.15, 0.2) is 9.84 Å². The van der Waals surface area contributed by atoms with Crippen molar-refractivity contribution in [2.45, 2.75) is 68.7 Å². The number of benzene rings is 1. The molecule has 252 valence electrons. The number of halogens is 4. The molecule has 0 aliphatic carbocycles. The number of ether oxygens (including phenoxy) is 1. The number of carbonyl (C=O) groups is 1. The van der Waals surface area contributed by atoms with Crippen LogP contribution in [0, 0.1) is 0 Å². The Labute approximate surface area is 270 Å². The van der Waals surface area contributed by atoms with E-state index in [4.69, 9.17) is 9.26 Å². The summed E-state index contributed by atoms with van der Waals surface area (Å²) in [6.07, 6.45) is -3.23. The van der Waals surface area contributed by atoms with Crippen molar-refractivity contribution in [2.75, 3.05) is 31.0 Å². The summed E-state index contributed by atoms with van der Waals surface area (Å²) in [6.45, 7) is -0.249. The molecule has 0 radical (unpaired) electrons. The topological polar surface area (TPSA) is 144 Å². The fraction of sp³-hybridized carbons (Fsp3) is 0.517. The first-order valence-corrected chi connectivity index (χ1v) is 17.6. The van der Waals surface area contributed by atoms with E-state index in [1.165, 1.54) is 18.0 Å². The van der Waals surface area contributed by atoms with Crippen molar-refractivity contribution < 1.29 is 40.0 Å². The molecule has 3 fully saturated rings. The largest absolute Gasteiger partial charge is 0.479 e. The van der Waals surface area contributed by atoms with Crippen LogP contribution in [0.1, 0.15) is 47.1 Å². The summed E-state index contributed by atoms with van der Waals surface area (Å²) in [5.41, 5.74) is 0.582. The minimum absolute atomic E-state index is 0.00326. The summed E-state index contributed by atoms with van der Waals surface area (Å²) in [4.78, 5) is 19.5. The summed E-state index contributed by atoms with van der Waals surface area (Å²) < 4.78 is 92.5. The van der Waals surface area contributed by atoms with Gasteiger partial charge in [-0.1, -0.05) is 17.3 Å². The van der Waals surface area contributed by atoms with Crippen LogP contribution in [0.2, 0.25) is 0 Å². The number of nitrogens with zero attached hydrogens (tertiary/aromatic N) is 5. The van der Waals surface area contributed by atoms with E-state index in [0.29, 0.717) is 22.2 Å². The van der Waals surface area contributed by atoms with E-state index in [9.17, 15) is 26.4 Å². The number of rotatable bonds is 9. The van der Waals surface area contributed by atoms with Crippen molar-refractivity contribution >= 4 is 42.9 Å². The van der Waals surface area contributed by atoms with Gasteiger partial charge in [-0.25, -0.2) is 12.8 Å². The molecular formula is C29H31F4N7O5S2. The van der Waals surface area contributed by atoms with E-state index in [-0.39, 0.29) is 63.7 Å². The second-order valence-electron chi connectivity index (χ2n) is 12.2. The Kier molecular flexibility index (Phi) is 7.94. The number of thiophene rings is 1. The summed E-state index contributed by atoms with van der Waals surface area (Å²) >= 11 is 1.07. The number of fused-ring (bicyclic) bond motifs is 3. The predicted octanol–water partition coefficient (Wildman–Crippen LogP) is 4.15. The van der Waals surface area contributed by atoms with Gasteiger partial charge in [-0.2, -0.15) is 18.2 Å². The fourth-order valence-electron chi connectivity index (χ4n) is 6.81. The lowest BCUT2D eigenvalue weighted by atomic mass is 9.95. The summed E-state index contributed by atoms with van der Waals surface area (Å²) in [6, 6.07) is 4.16. The molecule has 3 aromatic heterocycles. The zero-order valence-electron chi connectivity index (χ0n) is 25.3. The third kappa shape index (κ3) is 6.06. The van der Waals surface area contributed by atoms with Crippen LogP contribution < -0.4 is 15.4 Å². The molecule has 6 heterocycles. The van der Waals surface area contributed by atoms with Crippen LogP contribution in [0.5, 0.6) is 5.88 Å². The molecule has 4 aromatic rings. The molecule has 18 heteroatoms. The van der Waals surface area contributed by atoms with Gasteiger partial charge >= 0.3 is 6.18 Å². The second kappa shape index (κ2) is 11.7. The molecule has 2 bridgehead atoms. The quantitative estimate of drug-likeness (QED) is 0.245. The van der Waals surface area contributed by atoms with Crippen molar-refractivity contribution in [2.24, 2.45) is 0 Å². The lowest BCUT2D eigenvalue weighted by Crippen LogP contribution is -2.53. The van der Waals surface area contributed by atoms with E-state index in [1.54, 1.807) is 18.2 Å². The van der Waals surface area contributed by atoms with Crippen molar-refractivity contribution in [3.63, 3.8) is 0 Å². The Morgan fingerprint density at radius 3 is 2.72 bits per heavy atom. The molecule has 0 unspecified atom stereocenters. The number of alkyl halides is 4. The normalized spacial score (nSPS) is 24.4. The molecule has 1 aromatic carbocycles. The predicted molar refractivity (Wildman–Crippen MR) is 164 cm³/mol.